The second kappa shape index (κ2) is 7.59. The van der Waals surface area contributed by atoms with Crippen molar-refractivity contribution in [2.24, 2.45) is 10.8 Å². The fourth-order valence-electron chi connectivity index (χ4n) is 5.79. The average molecular weight is 437 g/mol. The van der Waals surface area contributed by atoms with Gasteiger partial charge in [0, 0.05) is 22.3 Å². The fraction of sp³-hybridized carbons (Fsp3) is 0.385. The number of nitrogens with one attached hydrogen (secondary N) is 1. The molecule has 0 unspecified atom stereocenters. The first-order chi connectivity index (χ1) is 14.9. The van der Waals surface area contributed by atoms with Crippen LogP contribution in [0.3, 0.4) is 0 Å². The van der Waals surface area contributed by atoms with E-state index in [1.807, 2.05) is 24.4 Å². The van der Waals surface area contributed by atoms with Crippen LogP contribution in [0.1, 0.15) is 56.9 Å². The van der Waals surface area contributed by atoms with Gasteiger partial charge in [0.2, 0.25) is 5.91 Å². The number of hydrogen-bond acceptors (Lipinski definition) is 2. The van der Waals surface area contributed by atoms with Crippen molar-refractivity contribution in [3.05, 3.63) is 71.1 Å². The molecule has 5 rings (SSSR count). The van der Waals surface area contributed by atoms with Crippen molar-refractivity contribution >= 4 is 34.1 Å². The standard InChI is InChI=1S/C26H26ClFN2O/c1-25(24(31)30-20-5-2-18(27)3-6-20)13-14-26(25)11-8-17(9-12-26)21-10-15-29-23-7-4-19(28)16-22(21)23/h2-7,10,15-17H,8-9,11-14H2,1H3,(H,30,31)/t17?,25-,26?/m1/s1. The number of halogens is 2. The number of hydrogen-bond donors (Lipinski definition) is 1. The molecule has 0 radical (unpaired) electrons. The van der Waals surface area contributed by atoms with Crippen molar-refractivity contribution in [1.82, 2.24) is 4.98 Å². The zero-order valence-corrected chi connectivity index (χ0v) is 18.4. The Balaban J connectivity index is 1.33. The van der Waals surface area contributed by atoms with E-state index in [1.165, 1.54) is 11.6 Å². The predicted molar refractivity (Wildman–Crippen MR) is 123 cm³/mol. The SMILES string of the molecule is C[C@]1(C(=O)Nc2ccc(Cl)cc2)CCC12CCC(c1ccnc3ccc(F)cc13)CC2. The number of rotatable bonds is 3. The topological polar surface area (TPSA) is 42.0 Å². The molecule has 2 aliphatic rings. The number of fused-ring (bicyclic) bond motifs is 1. The molecular weight excluding hydrogens is 411 g/mol. The average Bonchev–Trinajstić information content (AvgIpc) is 2.79. The molecule has 1 amide bonds. The highest BCUT2D eigenvalue weighted by molar-refractivity contribution is 6.30. The van der Waals surface area contributed by atoms with Crippen LogP contribution in [0.2, 0.25) is 5.02 Å². The molecule has 31 heavy (non-hydrogen) atoms. The Kier molecular flexibility index (Phi) is 5.01. The second-order valence-corrected chi connectivity index (χ2v) is 9.85. The van der Waals surface area contributed by atoms with Crippen LogP contribution in [0, 0.1) is 16.6 Å². The molecule has 0 aliphatic heterocycles. The molecule has 0 bridgehead atoms. The predicted octanol–water partition coefficient (Wildman–Crippen LogP) is 7.11. The Morgan fingerprint density at radius 3 is 2.48 bits per heavy atom. The maximum Gasteiger partial charge on any atom is 0.230 e. The lowest BCUT2D eigenvalue weighted by Gasteiger charge is -2.59. The van der Waals surface area contributed by atoms with E-state index >= 15 is 0 Å². The van der Waals surface area contributed by atoms with E-state index in [0.717, 1.165) is 55.1 Å². The van der Waals surface area contributed by atoms with Gasteiger partial charge in [-0.2, -0.15) is 0 Å². The van der Waals surface area contributed by atoms with Gasteiger partial charge < -0.3 is 5.32 Å². The number of amides is 1. The van der Waals surface area contributed by atoms with Gasteiger partial charge in [0.15, 0.2) is 0 Å². The molecule has 2 aromatic carbocycles. The van der Waals surface area contributed by atoms with E-state index in [2.05, 4.69) is 17.2 Å². The van der Waals surface area contributed by atoms with Crippen molar-refractivity contribution in [3.63, 3.8) is 0 Å². The molecule has 2 aliphatic carbocycles. The summed E-state index contributed by atoms with van der Waals surface area (Å²) < 4.78 is 13.9. The van der Waals surface area contributed by atoms with Crippen LogP contribution >= 0.6 is 11.6 Å². The van der Waals surface area contributed by atoms with Gasteiger partial charge in [-0.05, 0) is 104 Å². The van der Waals surface area contributed by atoms with Crippen molar-refractivity contribution in [1.29, 1.82) is 0 Å². The van der Waals surface area contributed by atoms with Gasteiger partial charge in [-0.1, -0.05) is 18.5 Å². The lowest BCUT2D eigenvalue weighted by molar-refractivity contribution is -0.153. The molecule has 5 heteroatoms. The third-order valence-corrected chi connectivity index (χ3v) is 8.25. The summed E-state index contributed by atoms with van der Waals surface area (Å²) in [5.41, 5.74) is 2.51. The summed E-state index contributed by atoms with van der Waals surface area (Å²) in [7, 11) is 0. The highest BCUT2D eigenvalue weighted by atomic mass is 35.5. The summed E-state index contributed by atoms with van der Waals surface area (Å²) in [5, 5.41) is 4.68. The Hall–Kier alpha value is -2.46. The molecule has 1 spiro atoms. The quantitative estimate of drug-likeness (QED) is 0.475. The Labute approximate surface area is 187 Å². The largest absolute Gasteiger partial charge is 0.326 e. The summed E-state index contributed by atoms with van der Waals surface area (Å²) in [6.45, 7) is 2.12. The molecule has 1 heterocycles. The molecule has 0 saturated heterocycles. The van der Waals surface area contributed by atoms with Crippen LogP contribution in [-0.4, -0.2) is 10.9 Å². The highest BCUT2D eigenvalue weighted by Gasteiger charge is 2.60. The minimum absolute atomic E-state index is 0.0497. The van der Waals surface area contributed by atoms with Crippen LogP contribution < -0.4 is 5.32 Å². The lowest BCUT2D eigenvalue weighted by Crippen LogP contribution is -2.57. The summed E-state index contributed by atoms with van der Waals surface area (Å²) >= 11 is 5.96. The Bertz CT molecular complexity index is 1140. The molecule has 1 aromatic heterocycles. The lowest BCUT2D eigenvalue weighted by atomic mass is 9.44. The van der Waals surface area contributed by atoms with Crippen LogP contribution in [0.5, 0.6) is 0 Å². The maximum atomic E-state index is 13.9. The normalized spacial score (nSPS) is 27.8. The number of pyridine rings is 1. The summed E-state index contributed by atoms with van der Waals surface area (Å²) in [5.74, 6) is 0.262. The number of carbonyl (C=O) groups excluding carboxylic acids is 1. The maximum absolute atomic E-state index is 13.9. The molecular formula is C26H26ClFN2O. The van der Waals surface area contributed by atoms with E-state index < -0.39 is 0 Å². The third kappa shape index (κ3) is 3.41. The van der Waals surface area contributed by atoms with E-state index in [9.17, 15) is 9.18 Å². The zero-order valence-electron chi connectivity index (χ0n) is 17.6. The highest BCUT2D eigenvalue weighted by Crippen LogP contribution is 2.65. The van der Waals surface area contributed by atoms with Crippen LogP contribution in [0.15, 0.2) is 54.7 Å². The molecule has 3 aromatic rings. The van der Waals surface area contributed by atoms with Gasteiger partial charge in [-0.25, -0.2) is 4.39 Å². The van der Waals surface area contributed by atoms with Gasteiger partial charge in [-0.3, -0.25) is 9.78 Å². The summed E-state index contributed by atoms with van der Waals surface area (Å²) in [6, 6.07) is 14.1. The fourth-order valence-corrected chi connectivity index (χ4v) is 5.92. The van der Waals surface area contributed by atoms with E-state index in [0.29, 0.717) is 10.9 Å². The summed E-state index contributed by atoms with van der Waals surface area (Å²) in [6.07, 6.45) is 7.89. The van der Waals surface area contributed by atoms with Gasteiger partial charge in [0.05, 0.1) is 10.9 Å². The summed E-state index contributed by atoms with van der Waals surface area (Å²) in [4.78, 5) is 17.6. The first kappa shape index (κ1) is 20.4. The Morgan fingerprint density at radius 2 is 1.81 bits per heavy atom. The van der Waals surface area contributed by atoms with Gasteiger partial charge in [0.1, 0.15) is 5.82 Å². The molecule has 1 N–H and O–H groups in total. The molecule has 160 valence electrons. The van der Waals surface area contributed by atoms with Crippen molar-refractivity contribution in [2.75, 3.05) is 5.32 Å². The smallest absolute Gasteiger partial charge is 0.230 e. The Morgan fingerprint density at radius 1 is 1.06 bits per heavy atom. The van der Waals surface area contributed by atoms with Gasteiger partial charge in [0.25, 0.3) is 0 Å². The second-order valence-electron chi connectivity index (χ2n) is 9.41. The number of carbonyl (C=O) groups is 1. The monoisotopic (exact) mass is 436 g/mol. The van der Waals surface area contributed by atoms with Crippen molar-refractivity contribution in [2.45, 2.75) is 51.4 Å². The number of nitrogens with zero attached hydrogens (tertiary/aromatic N) is 1. The van der Waals surface area contributed by atoms with Crippen LogP contribution in [0.4, 0.5) is 10.1 Å². The number of benzene rings is 2. The van der Waals surface area contributed by atoms with Crippen LogP contribution in [0.25, 0.3) is 10.9 Å². The van der Waals surface area contributed by atoms with Crippen molar-refractivity contribution < 1.29 is 9.18 Å². The van der Waals surface area contributed by atoms with E-state index in [4.69, 9.17) is 11.6 Å². The molecule has 1 atom stereocenters. The first-order valence-corrected chi connectivity index (χ1v) is 11.4. The molecule has 3 nitrogen and oxygen atoms in total. The molecule has 2 fully saturated rings. The van der Waals surface area contributed by atoms with Crippen LogP contribution in [-0.2, 0) is 4.79 Å². The van der Waals surface area contributed by atoms with E-state index in [1.54, 1.807) is 24.3 Å². The third-order valence-electron chi connectivity index (χ3n) is 8.00. The number of aromatic nitrogens is 1. The minimum atomic E-state index is -0.357. The minimum Gasteiger partial charge on any atom is -0.326 e. The molecule has 2 saturated carbocycles. The first-order valence-electron chi connectivity index (χ1n) is 11.0. The van der Waals surface area contributed by atoms with Gasteiger partial charge in [-0.15, -0.1) is 0 Å². The van der Waals surface area contributed by atoms with Gasteiger partial charge >= 0.3 is 0 Å². The van der Waals surface area contributed by atoms with Crippen molar-refractivity contribution in [3.8, 4) is 0 Å². The zero-order chi connectivity index (χ0) is 21.6. The number of anilines is 1. The van der Waals surface area contributed by atoms with E-state index in [-0.39, 0.29) is 22.6 Å².